The number of nitrogens with two attached hydrogens (primary N) is 1. The molecule has 10 heteroatoms. The first-order valence-electron chi connectivity index (χ1n) is 5.97. The molecule has 2 aromatic rings. The van der Waals surface area contributed by atoms with Crippen LogP contribution in [0.15, 0.2) is 18.2 Å². The zero-order chi connectivity index (χ0) is 15.5. The number of nitrogens with one attached hydrogen (secondary N) is 1. The molecular formula is C12H13ClF3N3O2S. The molecule has 22 heavy (non-hydrogen) atoms. The summed E-state index contributed by atoms with van der Waals surface area (Å²) < 4.78 is 41.5. The Labute approximate surface area is 134 Å². The number of carbonyl (C=O) groups is 1. The molecule has 0 atom stereocenters. The second kappa shape index (κ2) is 7.61. The SMILES string of the molecule is Cl.NCCC(=O)Nc1nc2ccc(OCC(F)(F)F)cc2s1. The third kappa shape index (κ3) is 5.32. The average molecular weight is 356 g/mol. The van der Waals surface area contributed by atoms with E-state index in [1.807, 2.05) is 0 Å². The quantitative estimate of drug-likeness (QED) is 0.864. The van der Waals surface area contributed by atoms with Gasteiger partial charge >= 0.3 is 6.18 Å². The van der Waals surface area contributed by atoms with Gasteiger partial charge in [-0.1, -0.05) is 11.3 Å². The number of anilines is 1. The van der Waals surface area contributed by atoms with Gasteiger partial charge in [-0.15, -0.1) is 12.4 Å². The predicted molar refractivity (Wildman–Crippen MR) is 80.7 cm³/mol. The third-order valence-electron chi connectivity index (χ3n) is 2.38. The first-order chi connectivity index (χ1) is 9.87. The second-order valence-electron chi connectivity index (χ2n) is 4.14. The predicted octanol–water partition coefficient (Wildman–Crippen LogP) is 2.95. The van der Waals surface area contributed by atoms with Crippen molar-refractivity contribution in [3.63, 3.8) is 0 Å². The summed E-state index contributed by atoms with van der Waals surface area (Å²) in [6.07, 6.45) is -4.21. The lowest BCUT2D eigenvalue weighted by molar-refractivity contribution is -0.153. The molecule has 2 rings (SSSR count). The molecule has 0 radical (unpaired) electrons. The lowest BCUT2D eigenvalue weighted by Gasteiger charge is -2.08. The van der Waals surface area contributed by atoms with E-state index in [4.69, 9.17) is 5.73 Å². The van der Waals surface area contributed by atoms with Gasteiger partial charge in [-0.2, -0.15) is 13.2 Å². The highest BCUT2D eigenvalue weighted by Crippen LogP contribution is 2.30. The van der Waals surface area contributed by atoms with Gasteiger partial charge in [0.1, 0.15) is 5.75 Å². The summed E-state index contributed by atoms with van der Waals surface area (Å²) in [6.45, 7) is -1.12. The lowest BCUT2D eigenvalue weighted by atomic mass is 10.3. The molecule has 0 saturated heterocycles. The number of nitrogens with zero attached hydrogens (tertiary/aromatic N) is 1. The highest BCUT2D eigenvalue weighted by Gasteiger charge is 2.28. The van der Waals surface area contributed by atoms with E-state index in [1.54, 1.807) is 0 Å². The molecule has 1 heterocycles. The zero-order valence-corrected chi connectivity index (χ0v) is 12.8. The molecule has 0 aliphatic rings. The number of amides is 1. The molecule has 5 nitrogen and oxygen atoms in total. The monoisotopic (exact) mass is 355 g/mol. The second-order valence-corrected chi connectivity index (χ2v) is 5.17. The number of thiazole rings is 1. The van der Waals surface area contributed by atoms with Gasteiger partial charge in [-0.3, -0.25) is 4.79 Å². The number of aromatic nitrogens is 1. The minimum atomic E-state index is -4.38. The molecule has 1 aromatic heterocycles. The summed E-state index contributed by atoms with van der Waals surface area (Å²) in [4.78, 5) is 15.5. The first-order valence-corrected chi connectivity index (χ1v) is 6.79. The number of carbonyl (C=O) groups excluding carboxylic acids is 1. The largest absolute Gasteiger partial charge is 0.484 e. The molecule has 0 aliphatic heterocycles. The smallest absolute Gasteiger partial charge is 0.422 e. The fourth-order valence-corrected chi connectivity index (χ4v) is 2.44. The van der Waals surface area contributed by atoms with Crippen molar-refractivity contribution < 1.29 is 22.7 Å². The Morgan fingerprint density at radius 2 is 2.14 bits per heavy atom. The van der Waals surface area contributed by atoms with Crippen molar-refractivity contribution in [3.05, 3.63) is 18.2 Å². The maximum atomic E-state index is 12.1. The maximum absolute atomic E-state index is 12.1. The van der Waals surface area contributed by atoms with Crippen molar-refractivity contribution in [2.45, 2.75) is 12.6 Å². The minimum Gasteiger partial charge on any atom is -0.484 e. The van der Waals surface area contributed by atoms with Crippen molar-refractivity contribution in [3.8, 4) is 5.75 Å². The fraction of sp³-hybridized carbons (Fsp3) is 0.333. The molecular weight excluding hydrogens is 343 g/mol. The van der Waals surface area contributed by atoms with Crippen LogP contribution in [-0.2, 0) is 4.79 Å². The Hall–Kier alpha value is -1.58. The molecule has 122 valence electrons. The molecule has 0 aliphatic carbocycles. The number of halogens is 4. The Kier molecular flexibility index (Phi) is 6.39. The first kappa shape index (κ1) is 18.5. The number of hydrogen-bond donors (Lipinski definition) is 2. The summed E-state index contributed by atoms with van der Waals surface area (Å²) >= 11 is 1.15. The van der Waals surface area contributed by atoms with Gasteiger partial charge in [0, 0.05) is 13.0 Å². The number of rotatable bonds is 5. The minimum absolute atomic E-state index is 0. The van der Waals surface area contributed by atoms with Crippen molar-refractivity contribution in [1.29, 1.82) is 0 Å². The summed E-state index contributed by atoms with van der Waals surface area (Å²) in [7, 11) is 0. The Morgan fingerprint density at radius 3 is 2.77 bits per heavy atom. The normalized spacial score (nSPS) is 11.1. The van der Waals surface area contributed by atoms with Crippen LogP contribution < -0.4 is 15.8 Å². The number of ether oxygens (including phenoxy) is 1. The van der Waals surface area contributed by atoms with Crippen molar-refractivity contribution in [1.82, 2.24) is 4.98 Å². The molecule has 0 fully saturated rings. The summed E-state index contributed by atoms with van der Waals surface area (Å²) in [5, 5.41) is 2.95. The van der Waals surface area contributed by atoms with Gasteiger partial charge in [0.05, 0.1) is 10.2 Å². The van der Waals surface area contributed by atoms with Crippen LogP contribution in [0.25, 0.3) is 10.2 Å². The van der Waals surface area contributed by atoms with Gasteiger partial charge in [0.25, 0.3) is 0 Å². The van der Waals surface area contributed by atoms with Crippen LogP contribution in [-0.4, -0.2) is 30.2 Å². The maximum Gasteiger partial charge on any atom is 0.422 e. The topological polar surface area (TPSA) is 77.2 Å². The summed E-state index contributed by atoms with van der Waals surface area (Å²) in [5.41, 5.74) is 5.83. The van der Waals surface area contributed by atoms with E-state index in [2.05, 4.69) is 15.0 Å². The molecule has 1 amide bonds. The highest BCUT2D eigenvalue weighted by molar-refractivity contribution is 7.22. The van der Waals surface area contributed by atoms with Gasteiger partial charge in [-0.05, 0) is 18.2 Å². The number of benzene rings is 1. The lowest BCUT2D eigenvalue weighted by Crippen LogP contribution is -2.19. The van der Waals surface area contributed by atoms with Crippen LogP contribution in [0.2, 0.25) is 0 Å². The van der Waals surface area contributed by atoms with Crippen molar-refractivity contribution in [2.24, 2.45) is 5.73 Å². The van der Waals surface area contributed by atoms with E-state index in [-0.39, 0.29) is 37.0 Å². The highest BCUT2D eigenvalue weighted by atomic mass is 35.5. The Balaban J connectivity index is 0.00000242. The molecule has 0 bridgehead atoms. The molecule has 1 aromatic carbocycles. The van der Waals surface area contributed by atoms with Crippen LogP contribution in [0.1, 0.15) is 6.42 Å². The van der Waals surface area contributed by atoms with Crippen molar-refractivity contribution in [2.75, 3.05) is 18.5 Å². The van der Waals surface area contributed by atoms with Gasteiger partial charge < -0.3 is 15.8 Å². The van der Waals surface area contributed by atoms with E-state index in [9.17, 15) is 18.0 Å². The summed E-state index contributed by atoms with van der Waals surface area (Å²) in [6, 6.07) is 4.40. The van der Waals surface area contributed by atoms with E-state index < -0.39 is 12.8 Å². The van der Waals surface area contributed by atoms with Crippen molar-refractivity contribution >= 4 is 45.0 Å². The van der Waals surface area contributed by atoms with Gasteiger partial charge in [-0.25, -0.2) is 4.98 Å². The molecule has 0 saturated carbocycles. The molecule has 0 spiro atoms. The van der Waals surface area contributed by atoms with E-state index >= 15 is 0 Å². The standard InChI is InChI=1S/C12H12F3N3O2S.ClH/c13-12(14,15)6-20-7-1-2-8-9(5-7)21-11(17-8)18-10(19)3-4-16;/h1-2,5H,3-4,6,16H2,(H,17,18,19);1H. The zero-order valence-electron chi connectivity index (χ0n) is 11.1. The Bertz CT molecular complexity index is 648. The van der Waals surface area contributed by atoms with Crippen LogP contribution in [0.3, 0.4) is 0 Å². The fourth-order valence-electron chi connectivity index (χ4n) is 1.53. The van der Waals surface area contributed by atoms with Gasteiger partial charge in [0.2, 0.25) is 5.91 Å². The Morgan fingerprint density at radius 1 is 1.41 bits per heavy atom. The molecule has 0 unspecified atom stereocenters. The number of fused-ring (bicyclic) bond motifs is 1. The van der Waals surface area contributed by atoms with E-state index in [1.165, 1.54) is 18.2 Å². The van der Waals surface area contributed by atoms with Crippen LogP contribution in [0.5, 0.6) is 5.75 Å². The number of hydrogen-bond acceptors (Lipinski definition) is 5. The third-order valence-corrected chi connectivity index (χ3v) is 3.31. The van der Waals surface area contributed by atoms with E-state index in [0.29, 0.717) is 15.3 Å². The van der Waals surface area contributed by atoms with Gasteiger partial charge in [0.15, 0.2) is 11.7 Å². The number of alkyl halides is 3. The molecule has 3 N–H and O–H groups in total. The summed E-state index contributed by atoms with van der Waals surface area (Å²) in [5.74, 6) is -0.159. The van der Waals surface area contributed by atoms with E-state index in [0.717, 1.165) is 11.3 Å². The van der Waals surface area contributed by atoms with Crippen LogP contribution in [0, 0.1) is 0 Å². The average Bonchev–Trinajstić information content (AvgIpc) is 2.76. The van der Waals surface area contributed by atoms with Crippen LogP contribution in [0.4, 0.5) is 18.3 Å². The van der Waals surface area contributed by atoms with Crippen LogP contribution >= 0.6 is 23.7 Å².